The van der Waals surface area contributed by atoms with Crippen molar-refractivity contribution in [3.63, 3.8) is 0 Å². The Morgan fingerprint density at radius 2 is 2.04 bits per heavy atom. The Labute approximate surface area is 151 Å². The normalized spacial score (nSPS) is 18.4. The van der Waals surface area contributed by atoms with Gasteiger partial charge in [-0.1, -0.05) is 18.2 Å². The molecule has 2 heterocycles. The summed E-state index contributed by atoms with van der Waals surface area (Å²) in [5.41, 5.74) is 6.65. The van der Waals surface area contributed by atoms with E-state index in [4.69, 9.17) is 20.4 Å². The maximum Gasteiger partial charge on any atom is 0.290 e. The summed E-state index contributed by atoms with van der Waals surface area (Å²) in [6.07, 6.45) is -0.105. The summed E-state index contributed by atoms with van der Waals surface area (Å²) < 4.78 is 7.09. The van der Waals surface area contributed by atoms with Crippen LogP contribution in [0, 0.1) is 0 Å². The molecule has 2 aromatic rings. The third kappa shape index (κ3) is 4.36. The van der Waals surface area contributed by atoms with Crippen molar-refractivity contribution in [2.75, 3.05) is 19.7 Å². The Morgan fingerprint density at radius 3 is 2.64 bits per heavy atom. The molecule has 1 saturated heterocycles. The van der Waals surface area contributed by atoms with Crippen molar-refractivity contribution in [3.8, 4) is 0 Å². The number of hydrogen-bond acceptors (Lipinski definition) is 5. The molecule has 1 unspecified atom stereocenters. The van der Waals surface area contributed by atoms with Gasteiger partial charge in [0, 0.05) is 28.9 Å². The Kier molecular flexibility index (Phi) is 6.16. The van der Waals surface area contributed by atoms with Gasteiger partial charge >= 0.3 is 0 Å². The van der Waals surface area contributed by atoms with Crippen molar-refractivity contribution in [2.45, 2.75) is 32.4 Å². The van der Waals surface area contributed by atoms with Gasteiger partial charge in [0.1, 0.15) is 0 Å². The van der Waals surface area contributed by atoms with Crippen molar-refractivity contribution in [3.05, 3.63) is 34.7 Å². The lowest BCUT2D eigenvalue weighted by Gasteiger charge is -2.41. The van der Waals surface area contributed by atoms with Gasteiger partial charge in [-0.05, 0) is 32.2 Å². The summed E-state index contributed by atoms with van der Waals surface area (Å²) >= 11 is 1.46. The van der Waals surface area contributed by atoms with E-state index >= 15 is 0 Å². The minimum Gasteiger partial charge on any atom is -0.483 e. The first-order valence-electron chi connectivity index (χ1n) is 8.05. The van der Waals surface area contributed by atoms with Gasteiger partial charge in [-0.2, -0.15) is 0 Å². The number of ether oxygens (including phenoxy) is 1. The van der Waals surface area contributed by atoms with Crippen LogP contribution in [-0.4, -0.2) is 47.6 Å². The molecule has 3 N–H and O–H groups in total. The van der Waals surface area contributed by atoms with E-state index in [0.29, 0.717) is 11.5 Å². The molecule has 0 saturated carbocycles. The molecule has 1 aromatic heterocycles. The lowest BCUT2D eigenvalue weighted by Crippen LogP contribution is -2.49. The monoisotopic (exact) mass is 364 g/mol. The molecule has 25 heavy (non-hydrogen) atoms. The zero-order chi connectivity index (χ0) is 18.6. The molecule has 0 radical (unpaired) electrons. The van der Waals surface area contributed by atoms with E-state index in [1.54, 1.807) is 0 Å². The number of benzene rings is 1. The fourth-order valence-electron chi connectivity index (χ4n) is 3.00. The molecule has 1 aliphatic heterocycles. The minimum atomic E-state index is -0.368. The van der Waals surface area contributed by atoms with Gasteiger partial charge in [0.05, 0.1) is 17.6 Å². The molecule has 0 bridgehead atoms. The fraction of sp³-hybridized carbons (Fsp3) is 0.444. The van der Waals surface area contributed by atoms with Gasteiger partial charge in [-0.15, -0.1) is 11.3 Å². The Morgan fingerprint density at radius 1 is 1.40 bits per heavy atom. The average molecular weight is 364 g/mol. The molecular weight excluding hydrogens is 340 g/mol. The van der Waals surface area contributed by atoms with Crippen molar-refractivity contribution in [2.24, 2.45) is 5.73 Å². The van der Waals surface area contributed by atoms with Crippen LogP contribution >= 0.6 is 11.3 Å². The highest BCUT2D eigenvalue weighted by Crippen LogP contribution is 2.38. The van der Waals surface area contributed by atoms with Gasteiger partial charge in [0.15, 0.2) is 0 Å². The third-order valence-electron chi connectivity index (χ3n) is 4.19. The highest BCUT2D eigenvalue weighted by Gasteiger charge is 2.32. The molecule has 0 aliphatic carbocycles. The number of fused-ring (bicyclic) bond motifs is 1. The van der Waals surface area contributed by atoms with Crippen molar-refractivity contribution < 1.29 is 19.4 Å². The van der Waals surface area contributed by atoms with Crippen LogP contribution in [-0.2, 0) is 9.53 Å². The van der Waals surface area contributed by atoms with E-state index in [1.165, 1.54) is 11.3 Å². The number of nitrogens with zero attached hydrogens (tertiary/aromatic N) is 1. The average Bonchev–Trinajstić information content (AvgIpc) is 2.95. The van der Waals surface area contributed by atoms with Crippen molar-refractivity contribution >= 4 is 33.8 Å². The highest BCUT2D eigenvalue weighted by atomic mass is 32.1. The first-order valence-corrected chi connectivity index (χ1v) is 8.87. The second-order valence-electron chi connectivity index (χ2n) is 6.79. The molecule has 1 fully saturated rings. The van der Waals surface area contributed by atoms with E-state index < -0.39 is 0 Å². The SMILES string of the molecule is CC(C)(C)N1CCOC(c2c(C(N)=O)sc3ccccc23)C1.O=CO. The van der Waals surface area contributed by atoms with E-state index in [-0.39, 0.29) is 24.0 Å². The molecule has 1 atom stereocenters. The van der Waals surface area contributed by atoms with Crippen LogP contribution in [0.25, 0.3) is 10.1 Å². The Bertz CT molecular complexity index is 751. The lowest BCUT2D eigenvalue weighted by molar-refractivity contribution is -0.122. The van der Waals surface area contributed by atoms with Gasteiger partial charge in [-0.25, -0.2) is 0 Å². The molecule has 1 aliphatic rings. The van der Waals surface area contributed by atoms with Gasteiger partial charge in [-0.3, -0.25) is 14.5 Å². The van der Waals surface area contributed by atoms with Crippen LogP contribution in [0.4, 0.5) is 0 Å². The van der Waals surface area contributed by atoms with Crippen molar-refractivity contribution in [1.82, 2.24) is 4.90 Å². The predicted molar refractivity (Wildman–Crippen MR) is 99.1 cm³/mol. The Balaban J connectivity index is 0.000000701. The van der Waals surface area contributed by atoms with Crippen LogP contribution in [0.1, 0.15) is 42.1 Å². The molecule has 6 nitrogen and oxygen atoms in total. The quantitative estimate of drug-likeness (QED) is 0.799. The molecule has 136 valence electrons. The number of rotatable bonds is 2. The van der Waals surface area contributed by atoms with Crippen LogP contribution < -0.4 is 5.73 Å². The molecule has 1 amide bonds. The topological polar surface area (TPSA) is 92.9 Å². The second kappa shape index (κ2) is 7.95. The summed E-state index contributed by atoms with van der Waals surface area (Å²) in [5, 5.41) is 7.97. The van der Waals surface area contributed by atoms with E-state index in [2.05, 4.69) is 25.7 Å². The molecule has 3 rings (SSSR count). The minimum absolute atomic E-state index is 0.0841. The number of carbonyl (C=O) groups excluding carboxylic acids is 1. The third-order valence-corrected chi connectivity index (χ3v) is 5.40. The first-order chi connectivity index (χ1) is 11.8. The summed E-state index contributed by atoms with van der Waals surface area (Å²) in [5.74, 6) is -0.368. The zero-order valence-corrected chi connectivity index (χ0v) is 15.5. The number of nitrogens with two attached hydrogens (primary N) is 1. The molecule has 7 heteroatoms. The van der Waals surface area contributed by atoms with E-state index in [0.717, 1.165) is 28.7 Å². The maximum atomic E-state index is 11.9. The van der Waals surface area contributed by atoms with Crippen LogP contribution in [0.3, 0.4) is 0 Å². The van der Waals surface area contributed by atoms with Gasteiger partial charge in [0.2, 0.25) is 0 Å². The van der Waals surface area contributed by atoms with E-state index in [1.807, 2.05) is 24.3 Å². The summed E-state index contributed by atoms with van der Waals surface area (Å²) in [4.78, 5) is 23.3. The van der Waals surface area contributed by atoms with E-state index in [9.17, 15) is 4.79 Å². The maximum absolute atomic E-state index is 11.9. The predicted octanol–water partition coefficient (Wildman–Crippen LogP) is 2.87. The first kappa shape index (κ1) is 19.4. The van der Waals surface area contributed by atoms with Gasteiger partial charge in [0.25, 0.3) is 12.4 Å². The molecule has 0 spiro atoms. The number of primary amides is 1. The number of thiophene rings is 1. The summed E-state index contributed by atoms with van der Waals surface area (Å²) in [7, 11) is 0. The molecular formula is C18H24N2O4S. The number of carbonyl (C=O) groups is 2. The summed E-state index contributed by atoms with van der Waals surface area (Å²) in [6, 6.07) is 8.05. The van der Waals surface area contributed by atoms with Gasteiger partial charge < -0.3 is 15.6 Å². The lowest BCUT2D eigenvalue weighted by atomic mass is 9.99. The summed E-state index contributed by atoms with van der Waals surface area (Å²) in [6.45, 7) is 8.73. The second-order valence-corrected chi connectivity index (χ2v) is 7.84. The zero-order valence-electron chi connectivity index (χ0n) is 14.7. The largest absolute Gasteiger partial charge is 0.483 e. The fourth-order valence-corrected chi connectivity index (χ4v) is 4.11. The molecule has 1 aromatic carbocycles. The smallest absolute Gasteiger partial charge is 0.290 e. The highest BCUT2D eigenvalue weighted by molar-refractivity contribution is 7.21. The number of amides is 1. The van der Waals surface area contributed by atoms with Crippen molar-refractivity contribution in [1.29, 1.82) is 0 Å². The Hall–Kier alpha value is -1.96. The standard InChI is InChI=1S/C17H22N2O2S.CH2O2/c1-17(2,3)19-8-9-21-12(10-19)14-11-6-4-5-7-13(11)22-15(14)16(18)20;2-1-3/h4-7,12H,8-10H2,1-3H3,(H2,18,20);1H,(H,2,3). The number of morpholine rings is 1. The van der Waals surface area contributed by atoms with Crippen LogP contribution in [0.2, 0.25) is 0 Å². The van der Waals surface area contributed by atoms with Crippen LogP contribution in [0.15, 0.2) is 24.3 Å². The number of hydrogen-bond donors (Lipinski definition) is 2. The van der Waals surface area contributed by atoms with Crippen LogP contribution in [0.5, 0.6) is 0 Å². The number of carboxylic acid groups (broad SMARTS) is 1.